The number of methoxy groups -OCH3 is 1. The summed E-state index contributed by atoms with van der Waals surface area (Å²) in [5.74, 6) is -1.19. The van der Waals surface area contributed by atoms with Crippen molar-refractivity contribution in [1.82, 2.24) is 0 Å². The molecule has 2 radical (unpaired) electrons. The van der Waals surface area contributed by atoms with E-state index < -0.39 is 11.8 Å². The number of hydrogen-bond acceptors (Lipinski definition) is 2. The Morgan fingerprint density at radius 3 is 2.46 bits per heavy atom. The molecule has 0 saturated carbocycles. The predicted octanol–water partition coefficient (Wildman–Crippen LogP) is 1.72. The molecule has 66 valence electrons. The molecule has 0 fully saturated rings. The third kappa shape index (κ3) is 2.49. The van der Waals surface area contributed by atoms with Gasteiger partial charge in [0.15, 0.2) is 0 Å². The van der Waals surface area contributed by atoms with Gasteiger partial charge in [0, 0.05) is 10.8 Å². The van der Waals surface area contributed by atoms with Crippen molar-refractivity contribution in [2.24, 2.45) is 0 Å². The van der Waals surface area contributed by atoms with Crippen LogP contribution in [-0.4, -0.2) is 20.9 Å². The first-order chi connectivity index (χ1) is 6.15. The van der Waals surface area contributed by atoms with Crippen molar-refractivity contribution >= 4 is 25.4 Å². The fourth-order valence-electron chi connectivity index (χ4n) is 0.933. The summed E-state index contributed by atoms with van der Waals surface area (Å²) in [7, 11) is 6.89. The molecule has 0 aliphatic rings. The van der Waals surface area contributed by atoms with Gasteiger partial charge in [-0.2, -0.15) is 0 Å². The first-order valence-electron chi connectivity index (χ1n) is 3.74. The largest absolute Gasteiger partial charge is 0.469 e. The second kappa shape index (κ2) is 4.33. The highest BCUT2D eigenvalue weighted by atomic mass is 35.5. The highest BCUT2D eigenvalue weighted by Crippen LogP contribution is 2.16. The van der Waals surface area contributed by atoms with E-state index in [1.807, 2.05) is 0 Å². The molecular formula is C9H8BClO2. The van der Waals surface area contributed by atoms with E-state index in [4.69, 9.17) is 19.4 Å². The maximum Gasteiger partial charge on any atom is 0.304 e. The molecule has 1 aromatic carbocycles. The lowest BCUT2D eigenvalue weighted by atomic mass is 9.81. The van der Waals surface area contributed by atoms with Crippen LogP contribution < -0.4 is 0 Å². The number of ether oxygens (including phenoxy) is 1. The Kier molecular flexibility index (Phi) is 3.37. The van der Waals surface area contributed by atoms with Crippen molar-refractivity contribution < 1.29 is 9.53 Å². The summed E-state index contributed by atoms with van der Waals surface area (Å²) in [4.78, 5) is 11.0. The predicted molar refractivity (Wildman–Crippen MR) is 52.0 cm³/mol. The average Bonchev–Trinajstić information content (AvgIpc) is 2.17. The summed E-state index contributed by atoms with van der Waals surface area (Å²) < 4.78 is 4.50. The number of carbonyl (C=O) groups is 1. The molecule has 1 atom stereocenters. The van der Waals surface area contributed by atoms with Crippen LogP contribution in [0.25, 0.3) is 0 Å². The van der Waals surface area contributed by atoms with Crippen LogP contribution in [0.5, 0.6) is 0 Å². The molecule has 0 saturated heterocycles. The van der Waals surface area contributed by atoms with Crippen LogP contribution in [0.1, 0.15) is 11.4 Å². The molecule has 0 amide bonds. The normalized spacial score (nSPS) is 12.2. The number of benzene rings is 1. The van der Waals surface area contributed by atoms with Crippen LogP contribution in [0.4, 0.5) is 0 Å². The Balaban J connectivity index is 2.83. The zero-order chi connectivity index (χ0) is 9.84. The fourth-order valence-corrected chi connectivity index (χ4v) is 1.06. The minimum Gasteiger partial charge on any atom is -0.469 e. The Labute approximate surface area is 83.3 Å². The molecule has 1 aromatic rings. The quantitative estimate of drug-likeness (QED) is 0.529. The van der Waals surface area contributed by atoms with Crippen LogP contribution in [0, 0.1) is 0 Å². The molecular weight excluding hydrogens is 186 g/mol. The molecule has 4 heteroatoms. The molecule has 0 aromatic heterocycles. The molecule has 0 N–H and O–H groups in total. The van der Waals surface area contributed by atoms with E-state index in [2.05, 4.69) is 4.74 Å². The highest BCUT2D eigenvalue weighted by Gasteiger charge is 2.14. The number of esters is 1. The van der Waals surface area contributed by atoms with Gasteiger partial charge >= 0.3 is 5.97 Å². The van der Waals surface area contributed by atoms with Crippen molar-refractivity contribution in [2.75, 3.05) is 7.11 Å². The van der Waals surface area contributed by atoms with Crippen molar-refractivity contribution in [1.29, 1.82) is 0 Å². The maximum atomic E-state index is 11.0. The Morgan fingerprint density at radius 1 is 1.46 bits per heavy atom. The molecule has 1 rings (SSSR count). The van der Waals surface area contributed by atoms with Gasteiger partial charge in [0.25, 0.3) is 0 Å². The van der Waals surface area contributed by atoms with Gasteiger partial charge in [0.05, 0.1) is 15.0 Å². The molecule has 1 unspecified atom stereocenters. The van der Waals surface area contributed by atoms with E-state index in [9.17, 15) is 4.79 Å². The Morgan fingerprint density at radius 2 is 2.00 bits per heavy atom. The monoisotopic (exact) mass is 194 g/mol. The van der Waals surface area contributed by atoms with Gasteiger partial charge < -0.3 is 4.74 Å². The second-order valence-electron chi connectivity index (χ2n) is 2.55. The first kappa shape index (κ1) is 10.1. The van der Waals surface area contributed by atoms with E-state index in [-0.39, 0.29) is 0 Å². The average molecular weight is 194 g/mol. The maximum absolute atomic E-state index is 11.0. The van der Waals surface area contributed by atoms with Crippen molar-refractivity contribution in [2.45, 2.75) is 5.82 Å². The lowest BCUT2D eigenvalue weighted by molar-refractivity contribution is -0.140. The van der Waals surface area contributed by atoms with Crippen molar-refractivity contribution in [3.05, 3.63) is 34.9 Å². The fraction of sp³-hybridized carbons (Fsp3) is 0.222. The SMILES string of the molecule is [B]C(C(=O)OC)c1ccc(Cl)cc1. The second-order valence-corrected chi connectivity index (χ2v) is 2.99. The number of hydrogen-bond donors (Lipinski definition) is 0. The standard InChI is InChI=1S/C9H8BClO2/c1-13-9(12)8(10)6-2-4-7(11)5-3-6/h2-5,8H,1H3. The summed E-state index contributed by atoms with van der Waals surface area (Å²) in [6.07, 6.45) is 0. The van der Waals surface area contributed by atoms with E-state index >= 15 is 0 Å². The minimum atomic E-state index is -0.734. The molecule has 0 spiro atoms. The van der Waals surface area contributed by atoms with Crippen LogP contribution in [0.3, 0.4) is 0 Å². The Hall–Kier alpha value is -0.955. The van der Waals surface area contributed by atoms with Crippen LogP contribution in [-0.2, 0) is 9.53 Å². The lowest BCUT2D eigenvalue weighted by Gasteiger charge is -2.09. The number of carbonyl (C=O) groups excluding carboxylic acids is 1. The van der Waals surface area contributed by atoms with Gasteiger partial charge in [0.1, 0.15) is 0 Å². The van der Waals surface area contributed by atoms with Crippen LogP contribution in [0.2, 0.25) is 5.02 Å². The summed E-state index contributed by atoms with van der Waals surface area (Å²) in [5, 5.41) is 0.612. The third-order valence-corrected chi connectivity index (χ3v) is 1.94. The molecule has 0 aliphatic carbocycles. The van der Waals surface area contributed by atoms with Crippen molar-refractivity contribution in [3.63, 3.8) is 0 Å². The van der Waals surface area contributed by atoms with Crippen LogP contribution in [0.15, 0.2) is 24.3 Å². The van der Waals surface area contributed by atoms with E-state index in [0.717, 1.165) is 0 Å². The Bertz CT molecular complexity index is 297. The van der Waals surface area contributed by atoms with Gasteiger partial charge in [-0.25, -0.2) is 0 Å². The minimum absolute atomic E-state index is 0.456. The molecule has 2 nitrogen and oxygen atoms in total. The van der Waals surface area contributed by atoms with Crippen LogP contribution >= 0.6 is 11.6 Å². The molecule has 0 aliphatic heterocycles. The summed E-state index contributed by atoms with van der Waals surface area (Å²) in [6, 6.07) is 6.76. The smallest absolute Gasteiger partial charge is 0.304 e. The number of halogens is 1. The third-order valence-electron chi connectivity index (χ3n) is 1.68. The summed E-state index contributed by atoms with van der Waals surface area (Å²) in [5.41, 5.74) is 0.691. The summed E-state index contributed by atoms with van der Waals surface area (Å²) in [6.45, 7) is 0. The zero-order valence-corrected chi connectivity index (χ0v) is 7.91. The van der Waals surface area contributed by atoms with E-state index in [1.54, 1.807) is 24.3 Å². The van der Waals surface area contributed by atoms with Gasteiger partial charge in [-0.05, 0) is 17.7 Å². The van der Waals surface area contributed by atoms with Gasteiger partial charge in [-0.1, -0.05) is 23.7 Å². The summed E-state index contributed by atoms with van der Waals surface area (Å²) >= 11 is 5.67. The van der Waals surface area contributed by atoms with Gasteiger partial charge in [-0.3, -0.25) is 4.79 Å². The van der Waals surface area contributed by atoms with Gasteiger partial charge in [-0.15, -0.1) is 0 Å². The van der Waals surface area contributed by atoms with Gasteiger partial charge in [0.2, 0.25) is 0 Å². The first-order valence-corrected chi connectivity index (χ1v) is 4.12. The molecule has 0 bridgehead atoms. The molecule has 0 heterocycles. The molecule has 13 heavy (non-hydrogen) atoms. The highest BCUT2D eigenvalue weighted by molar-refractivity contribution is 6.30. The van der Waals surface area contributed by atoms with E-state index in [0.29, 0.717) is 10.6 Å². The van der Waals surface area contributed by atoms with E-state index in [1.165, 1.54) is 7.11 Å². The topological polar surface area (TPSA) is 26.3 Å². The zero-order valence-electron chi connectivity index (χ0n) is 7.16. The number of rotatable bonds is 2. The lowest BCUT2D eigenvalue weighted by Crippen LogP contribution is -2.13. The van der Waals surface area contributed by atoms with Crippen molar-refractivity contribution in [3.8, 4) is 0 Å².